The first kappa shape index (κ1) is 11.4. The van der Waals surface area contributed by atoms with E-state index in [2.05, 4.69) is 15.1 Å². The van der Waals surface area contributed by atoms with Gasteiger partial charge in [0.2, 0.25) is 11.7 Å². The van der Waals surface area contributed by atoms with Crippen LogP contribution in [0.15, 0.2) is 22.9 Å². The SMILES string of the molecule is CC(=O)CCc1nc(-c2cc(C)ccn2)no1. The predicted molar refractivity (Wildman–Crippen MR) is 61.3 cm³/mol. The fraction of sp³-hybridized carbons (Fsp3) is 0.333. The van der Waals surface area contributed by atoms with Gasteiger partial charge in [-0.25, -0.2) is 0 Å². The number of carbonyl (C=O) groups excluding carboxylic acids is 1. The molecule has 0 spiro atoms. The summed E-state index contributed by atoms with van der Waals surface area (Å²) in [6, 6.07) is 3.79. The van der Waals surface area contributed by atoms with E-state index in [9.17, 15) is 4.79 Å². The number of Topliss-reactive ketones (excluding diaryl/α,β-unsaturated/α-hetero) is 1. The molecule has 5 nitrogen and oxygen atoms in total. The number of ketones is 1. The summed E-state index contributed by atoms with van der Waals surface area (Å²) in [6.07, 6.45) is 2.60. The molecule has 2 heterocycles. The number of hydrogen-bond donors (Lipinski definition) is 0. The molecule has 0 aliphatic heterocycles. The molecule has 2 aromatic heterocycles. The Bertz CT molecular complexity index is 534. The van der Waals surface area contributed by atoms with Crippen LogP contribution in [0.3, 0.4) is 0 Å². The van der Waals surface area contributed by atoms with Crippen molar-refractivity contribution in [2.45, 2.75) is 26.7 Å². The van der Waals surface area contributed by atoms with Gasteiger partial charge in [-0.2, -0.15) is 4.98 Å². The quantitative estimate of drug-likeness (QED) is 0.804. The molecule has 5 heteroatoms. The lowest BCUT2D eigenvalue weighted by molar-refractivity contribution is -0.117. The van der Waals surface area contributed by atoms with Crippen LogP contribution in [-0.2, 0) is 11.2 Å². The highest BCUT2D eigenvalue weighted by Crippen LogP contribution is 2.14. The Hall–Kier alpha value is -2.04. The van der Waals surface area contributed by atoms with Gasteiger partial charge in [0, 0.05) is 19.0 Å². The zero-order valence-corrected chi connectivity index (χ0v) is 9.80. The topological polar surface area (TPSA) is 68.9 Å². The van der Waals surface area contributed by atoms with E-state index in [4.69, 9.17) is 4.52 Å². The number of nitrogens with zero attached hydrogens (tertiary/aromatic N) is 3. The number of aromatic nitrogens is 3. The minimum atomic E-state index is 0.110. The van der Waals surface area contributed by atoms with Crippen LogP contribution >= 0.6 is 0 Å². The lowest BCUT2D eigenvalue weighted by Crippen LogP contribution is -1.94. The van der Waals surface area contributed by atoms with Crippen LogP contribution < -0.4 is 0 Å². The normalized spacial score (nSPS) is 10.5. The van der Waals surface area contributed by atoms with Gasteiger partial charge in [0.05, 0.1) is 0 Å². The van der Waals surface area contributed by atoms with Gasteiger partial charge >= 0.3 is 0 Å². The highest BCUT2D eigenvalue weighted by molar-refractivity contribution is 5.75. The smallest absolute Gasteiger partial charge is 0.227 e. The standard InChI is InChI=1S/C12H13N3O2/c1-8-5-6-13-10(7-8)12-14-11(17-15-12)4-3-9(2)16/h5-7H,3-4H2,1-2H3. The Morgan fingerprint density at radius 3 is 3.00 bits per heavy atom. The van der Waals surface area contributed by atoms with Gasteiger partial charge in [0.25, 0.3) is 0 Å². The van der Waals surface area contributed by atoms with E-state index in [1.807, 2.05) is 19.1 Å². The van der Waals surface area contributed by atoms with E-state index < -0.39 is 0 Å². The number of carbonyl (C=O) groups is 1. The third-order valence-corrected chi connectivity index (χ3v) is 2.30. The molecule has 0 N–H and O–H groups in total. The molecule has 0 aliphatic carbocycles. The molecule has 17 heavy (non-hydrogen) atoms. The molecule has 0 amide bonds. The largest absolute Gasteiger partial charge is 0.339 e. The summed E-state index contributed by atoms with van der Waals surface area (Å²) in [5, 5.41) is 3.85. The highest BCUT2D eigenvalue weighted by Gasteiger charge is 2.10. The van der Waals surface area contributed by atoms with Crippen molar-refractivity contribution in [2.24, 2.45) is 0 Å². The van der Waals surface area contributed by atoms with Gasteiger partial charge in [0.15, 0.2) is 0 Å². The van der Waals surface area contributed by atoms with Gasteiger partial charge < -0.3 is 9.32 Å². The van der Waals surface area contributed by atoms with Gasteiger partial charge in [-0.1, -0.05) is 5.16 Å². The van der Waals surface area contributed by atoms with Crippen LogP contribution in [0, 0.1) is 6.92 Å². The molecule has 0 aliphatic rings. The average Bonchev–Trinajstić information content (AvgIpc) is 2.75. The van der Waals surface area contributed by atoms with Crippen molar-refractivity contribution in [1.82, 2.24) is 15.1 Å². The molecule has 0 saturated heterocycles. The molecule has 88 valence electrons. The van der Waals surface area contributed by atoms with Crippen molar-refractivity contribution < 1.29 is 9.32 Å². The molecule has 0 atom stereocenters. The molecule has 0 unspecified atom stereocenters. The van der Waals surface area contributed by atoms with Crippen LogP contribution in [-0.4, -0.2) is 20.9 Å². The van der Waals surface area contributed by atoms with Gasteiger partial charge in [-0.15, -0.1) is 0 Å². The molecule has 0 aromatic carbocycles. The lowest BCUT2D eigenvalue weighted by atomic mass is 10.2. The summed E-state index contributed by atoms with van der Waals surface area (Å²) >= 11 is 0. The van der Waals surface area contributed by atoms with Crippen LogP contribution in [0.2, 0.25) is 0 Å². The number of pyridine rings is 1. The summed E-state index contributed by atoms with van der Waals surface area (Å²) in [5.74, 6) is 1.05. The zero-order chi connectivity index (χ0) is 12.3. The summed E-state index contributed by atoms with van der Waals surface area (Å²) in [4.78, 5) is 19.2. The second-order valence-corrected chi connectivity index (χ2v) is 3.93. The summed E-state index contributed by atoms with van der Waals surface area (Å²) < 4.78 is 5.06. The van der Waals surface area contributed by atoms with E-state index in [1.54, 1.807) is 13.1 Å². The monoisotopic (exact) mass is 231 g/mol. The molecule has 0 saturated carbocycles. The minimum Gasteiger partial charge on any atom is -0.339 e. The van der Waals surface area contributed by atoms with Crippen LogP contribution in [0.25, 0.3) is 11.5 Å². The molecular formula is C12H13N3O2. The Labute approximate surface area is 98.9 Å². The third kappa shape index (κ3) is 2.96. The van der Waals surface area contributed by atoms with Crippen LogP contribution in [0.1, 0.15) is 24.8 Å². The summed E-state index contributed by atoms with van der Waals surface area (Å²) in [5.41, 5.74) is 1.77. The second-order valence-electron chi connectivity index (χ2n) is 3.93. The van der Waals surface area contributed by atoms with Gasteiger partial charge in [-0.3, -0.25) is 4.98 Å². The van der Waals surface area contributed by atoms with Crippen molar-refractivity contribution >= 4 is 5.78 Å². The predicted octanol–water partition coefficient (Wildman–Crippen LogP) is 1.96. The van der Waals surface area contributed by atoms with E-state index >= 15 is 0 Å². The highest BCUT2D eigenvalue weighted by atomic mass is 16.5. The molecule has 0 bridgehead atoms. The zero-order valence-electron chi connectivity index (χ0n) is 9.80. The third-order valence-electron chi connectivity index (χ3n) is 2.30. The second kappa shape index (κ2) is 4.86. The van der Waals surface area contributed by atoms with E-state index in [0.717, 1.165) is 5.56 Å². The van der Waals surface area contributed by atoms with Crippen molar-refractivity contribution in [3.63, 3.8) is 0 Å². The molecule has 0 radical (unpaired) electrons. The maximum atomic E-state index is 10.8. The molecular weight excluding hydrogens is 218 g/mol. The Morgan fingerprint density at radius 1 is 1.47 bits per heavy atom. The van der Waals surface area contributed by atoms with E-state index in [1.165, 1.54) is 0 Å². The summed E-state index contributed by atoms with van der Waals surface area (Å²) in [7, 11) is 0. The van der Waals surface area contributed by atoms with Gasteiger partial charge in [-0.05, 0) is 31.5 Å². The van der Waals surface area contributed by atoms with Crippen molar-refractivity contribution in [2.75, 3.05) is 0 Å². The molecule has 2 rings (SSSR count). The molecule has 0 fully saturated rings. The Balaban J connectivity index is 2.15. The first-order valence-electron chi connectivity index (χ1n) is 5.40. The van der Waals surface area contributed by atoms with E-state index in [0.29, 0.717) is 30.3 Å². The summed E-state index contributed by atoms with van der Waals surface area (Å²) in [6.45, 7) is 3.52. The van der Waals surface area contributed by atoms with E-state index in [-0.39, 0.29) is 5.78 Å². The molecule has 2 aromatic rings. The minimum absolute atomic E-state index is 0.110. The lowest BCUT2D eigenvalue weighted by Gasteiger charge is -1.94. The Morgan fingerprint density at radius 2 is 2.29 bits per heavy atom. The number of aryl methyl sites for hydroxylation is 2. The fourth-order valence-electron chi connectivity index (χ4n) is 1.40. The van der Waals surface area contributed by atoms with Gasteiger partial charge in [0.1, 0.15) is 11.5 Å². The van der Waals surface area contributed by atoms with Crippen molar-refractivity contribution in [3.8, 4) is 11.5 Å². The maximum Gasteiger partial charge on any atom is 0.227 e. The Kier molecular flexibility index (Phi) is 3.27. The maximum absolute atomic E-state index is 10.8. The first-order valence-corrected chi connectivity index (χ1v) is 5.40. The first-order chi connectivity index (χ1) is 8.15. The van der Waals surface area contributed by atoms with Crippen molar-refractivity contribution in [3.05, 3.63) is 29.8 Å². The van der Waals surface area contributed by atoms with Crippen LogP contribution in [0.4, 0.5) is 0 Å². The van der Waals surface area contributed by atoms with Crippen LogP contribution in [0.5, 0.6) is 0 Å². The number of hydrogen-bond acceptors (Lipinski definition) is 5. The van der Waals surface area contributed by atoms with Crippen molar-refractivity contribution in [1.29, 1.82) is 0 Å². The average molecular weight is 231 g/mol. The fourth-order valence-corrected chi connectivity index (χ4v) is 1.40. The number of rotatable bonds is 4.